The largest absolute Gasteiger partial charge is 0.494 e. The summed E-state index contributed by atoms with van der Waals surface area (Å²) in [4.78, 5) is 2.50. The van der Waals surface area contributed by atoms with Crippen molar-refractivity contribution < 1.29 is 4.74 Å². The van der Waals surface area contributed by atoms with Crippen LogP contribution in [-0.4, -0.2) is 31.1 Å². The van der Waals surface area contributed by atoms with Crippen molar-refractivity contribution in [3.63, 3.8) is 0 Å². The molecule has 0 unspecified atom stereocenters. The quantitative estimate of drug-likeness (QED) is 0.686. The van der Waals surface area contributed by atoms with Gasteiger partial charge in [0.15, 0.2) is 0 Å². The monoisotopic (exact) mass is 263 g/mol. The van der Waals surface area contributed by atoms with Crippen molar-refractivity contribution in [2.45, 2.75) is 41.0 Å². The number of benzene rings is 1. The van der Waals surface area contributed by atoms with E-state index in [-0.39, 0.29) is 0 Å². The second kappa shape index (κ2) is 7.54. The van der Waals surface area contributed by atoms with Crippen LogP contribution in [0, 0.1) is 12.3 Å². The highest BCUT2D eigenvalue weighted by atomic mass is 16.5. The first-order valence-electron chi connectivity index (χ1n) is 7.32. The molecule has 0 aliphatic carbocycles. The zero-order valence-corrected chi connectivity index (χ0v) is 13.2. The van der Waals surface area contributed by atoms with Gasteiger partial charge in [-0.2, -0.15) is 0 Å². The molecule has 1 aromatic rings. The van der Waals surface area contributed by atoms with E-state index in [1.54, 1.807) is 0 Å². The van der Waals surface area contributed by atoms with Gasteiger partial charge in [-0.25, -0.2) is 0 Å². The predicted molar refractivity (Wildman–Crippen MR) is 82.9 cm³/mol. The van der Waals surface area contributed by atoms with Gasteiger partial charge < -0.3 is 9.64 Å². The molecule has 0 N–H and O–H groups in total. The minimum atomic E-state index is 0.369. The maximum atomic E-state index is 5.76. The fourth-order valence-electron chi connectivity index (χ4n) is 2.13. The second-order valence-electron chi connectivity index (χ2n) is 6.44. The van der Waals surface area contributed by atoms with Crippen molar-refractivity contribution in [1.82, 2.24) is 4.90 Å². The zero-order valence-electron chi connectivity index (χ0n) is 13.2. The molecule has 0 saturated carbocycles. The van der Waals surface area contributed by atoms with Crippen molar-refractivity contribution in [2.75, 3.05) is 26.2 Å². The molecule has 0 atom stereocenters. The van der Waals surface area contributed by atoms with Gasteiger partial charge in [0.25, 0.3) is 0 Å². The van der Waals surface area contributed by atoms with Gasteiger partial charge in [-0.15, -0.1) is 0 Å². The Bertz CT molecular complexity index is 351. The molecular weight excluding hydrogens is 234 g/mol. The number of hydrogen-bond donors (Lipinski definition) is 0. The van der Waals surface area contributed by atoms with Crippen molar-refractivity contribution in [3.8, 4) is 5.75 Å². The van der Waals surface area contributed by atoms with Crippen LogP contribution in [0.15, 0.2) is 24.3 Å². The van der Waals surface area contributed by atoms with Gasteiger partial charge in [-0.05, 0) is 37.4 Å². The van der Waals surface area contributed by atoms with Crippen LogP contribution in [0.3, 0.4) is 0 Å². The van der Waals surface area contributed by atoms with Gasteiger partial charge in [0.2, 0.25) is 0 Å². The molecule has 0 aromatic heterocycles. The molecule has 0 aliphatic rings. The third kappa shape index (κ3) is 7.22. The van der Waals surface area contributed by atoms with Gasteiger partial charge >= 0.3 is 0 Å². The standard InChI is InChI=1S/C17H29NO/c1-6-18(14-17(3,4)5)12-7-13-19-16-10-8-15(2)9-11-16/h8-11H,6-7,12-14H2,1-5H3. The van der Waals surface area contributed by atoms with Crippen LogP contribution in [0.5, 0.6) is 5.75 Å². The Labute approximate surface area is 118 Å². The summed E-state index contributed by atoms with van der Waals surface area (Å²) in [6, 6.07) is 8.27. The molecule has 0 saturated heterocycles. The molecule has 1 aromatic carbocycles. The molecule has 108 valence electrons. The molecule has 19 heavy (non-hydrogen) atoms. The van der Waals surface area contributed by atoms with Gasteiger partial charge in [0, 0.05) is 13.1 Å². The van der Waals surface area contributed by atoms with E-state index in [1.807, 2.05) is 12.1 Å². The normalized spacial score (nSPS) is 11.9. The molecule has 0 heterocycles. The molecule has 2 heteroatoms. The number of aryl methyl sites for hydroxylation is 1. The minimum Gasteiger partial charge on any atom is -0.494 e. The average Bonchev–Trinajstić information content (AvgIpc) is 2.34. The molecule has 0 bridgehead atoms. The number of rotatable bonds is 7. The number of ether oxygens (including phenoxy) is 1. The van der Waals surface area contributed by atoms with Crippen LogP contribution in [0.4, 0.5) is 0 Å². The highest BCUT2D eigenvalue weighted by molar-refractivity contribution is 5.26. The predicted octanol–water partition coefficient (Wildman–Crippen LogP) is 4.13. The summed E-state index contributed by atoms with van der Waals surface area (Å²) in [5.41, 5.74) is 1.64. The molecule has 0 radical (unpaired) electrons. The van der Waals surface area contributed by atoms with E-state index in [2.05, 4.69) is 51.7 Å². The van der Waals surface area contributed by atoms with Gasteiger partial charge in [0.05, 0.1) is 6.61 Å². The Hall–Kier alpha value is -1.02. The topological polar surface area (TPSA) is 12.5 Å². The SMILES string of the molecule is CCN(CCCOc1ccc(C)cc1)CC(C)(C)C. The fourth-order valence-corrected chi connectivity index (χ4v) is 2.13. The summed E-state index contributed by atoms with van der Waals surface area (Å²) < 4.78 is 5.76. The van der Waals surface area contributed by atoms with Crippen LogP contribution in [-0.2, 0) is 0 Å². The first-order valence-corrected chi connectivity index (χ1v) is 7.32. The van der Waals surface area contributed by atoms with Crippen molar-refractivity contribution in [3.05, 3.63) is 29.8 Å². The van der Waals surface area contributed by atoms with E-state index < -0.39 is 0 Å². The first-order chi connectivity index (χ1) is 8.90. The average molecular weight is 263 g/mol. The highest BCUT2D eigenvalue weighted by Gasteiger charge is 2.14. The lowest BCUT2D eigenvalue weighted by Crippen LogP contribution is -2.33. The Morgan fingerprint density at radius 2 is 1.74 bits per heavy atom. The lowest BCUT2D eigenvalue weighted by atomic mass is 9.96. The Balaban J connectivity index is 2.24. The van der Waals surface area contributed by atoms with Crippen molar-refractivity contribution >= 4 is 0 Å². The third-order valence-electron chi connectivity index (χ3n) is 3.05. The van der Waals surface area contributed by atoms with Gasteiger partial charge in [0.1, 0.15) is 5.75 Å². The van der Waals surface area contributed by atoms with Crippen LogP contribution in [0.25, 0.3) is 0 Å². The van der Waals surface area contributed by atoms with Crippen LogP contribution in [0.2, 0.25) is 0 Å². The van der Waals surface area contributed by atoms with E-state index in [0.29, 0.717) is 5.41 Å². The molecule has 0 fully saturated rings. The fraction of sp³-hybridized carbons (Fsp3) is 0.647. The lowest BCUT2D eigenvalue weighted by Gasteiger charge is -2.28. The van der Waals surface area contributed by atoms with E-state index in [9.17, 15) is 0 Å². The summed E-state index contributed by atoms with van der Waals surface area (Å²) in [7, 11) is 0. The number of hydrogen-bond acceptors (Lipinski definition) is 2. The van der Waals surface area contributed by atoms with Crippen LogP contribution in [0.1, 0.15) is 39.7 Å². The summed E-state index contributed by atoms with van der Waals surface area (Å²) >= 11 is 0. The Kier molecular flexibility index (Phi) is 6.36. The molecular formula is C17H29NO. The highest BCUT2D eigenvalue weighted by Crippen LogP contribution is 2.15. The van der Waals surface area contributed by atoms with Gasteiger partial charge in [-0.1, -0.05) is 45.4 Å². The molecule has 0 spiro atoms. The Morgan fingerprint density at radius 3 is 2.26 bits per heavy atom. The third-order valence-corrected chi connectivity index (χ3v) is 3.05. The molecule has 0 aliphatic heterocycles. The first kappa shape index (κ1) is 16.0. The Morgan fingerprint density at radius 1 is 1.11 bits per heavy atom. The number of nitrogens with zero attached hydrogens (tertiary/aromatic N) is 1. The summed E-state index contributed by atoms with van der Waals surface area (Å²) in [5.74, 6) is 0.976. The maximum Gasteiger partial charge on any atom is 0.119 e. The van der Waals surface area contributed by atoms with Crippen LogP contribution < -0.4 is 4.74 Å². The molecule has 1 rings (SSSR count). The zero-order chi connectivity index (χ0) is 14.3. The summed E-state index contributed by atoms with van der Waals surface area (Å²) in [5, 5.41) is 0. The van der Waals surface area contributed by atoms with Crippen molar-refractivity contribution in [1.29, 1.82) is 0 Å². The van der Waals surface area contributed by atoms with E-state index in [4.69, 9.17) is 4.74 Å². The second-order valence-corrected chi connectivity index (χ2v) is 6.44. The maximum absolute atomic E-state index is 5.76. The van der Waals surface area contributed by atoms with Crippen LogP contribution >= 0.6 is 0 Å². The van der Waals surface area contributed by atoms with E-state index >= 15 is 0 Å². The summed E-state index contributed by atoms with van der Waals surface area (Å²) in [6.45, 7) is 15.4. The smallest absolute Gasteiger partial charge is 0.119 e. The van der Waals surface area contributed by atoms with Gasteiger partial charge in [-0.3, -0.25) is 0 Å². The minimum absolute atomic E-state index is 0.369. The lowest BCUT2D eigenvalue weighted by molar-refractivity contribution is 0.183. The molecule has 0 amide bonds. The van der Waals surface area contributed by atoms with E-state index in [0.717, 1.165) is 38.4 Å². The summed E-state index contributed by atoms with van der Waals surface area (Å²) in [6.07, 6.45) is 1.08. The van der Waals surface area contributed by atoms with Crippen molar-refractivity contribution in [2.24, 2.45) is 5.41 Å². The molecule has 2 nitrogen and oxygen atoms in total. The van der Waals surface area contributed by atoms with E-state index in [1.165, 1.54) is 5.56 Å².